The van der Waals surface area contributed by atoms with E-state index in [1.54, 1.807) is 28.8 Å². The van der Waals surface area contributed by atoms with Crippen molar-refractivity contribution in [1.29, 1.82) is 5.26 Å². The van der Waals surface area contributed by atoms with E-state index < -0.39 is 6.04 Å². The van der Waals surface area contributed by atoms with E-state index in [9.17, 15) is 10.4 Å². The molecule has 0 fully saturated rings. The van der Waals surface area contributed by atoms with Crippen LogP contribution in [0.15, 0.2) is 54.1 Å². The van der Waals surface area contributed by atoms with Gasteiger partial charge in [0.1, 0.15) is 17.6 Å². The molecule has 1 aliphatic heterocycles. The van der Waals surface area contributed by atoms with Crippen LogP contribution in [0.25, 0.3) is 16.9 Å². The van der Waals surface area contributed by atoms with E-state index in [4.69, 9.17) is 5.73 Å². The molecule has 23 heavy (non-hydrogen) atoms. The van der Waals surface area contributed by atoms with Gasteiger partial charge in [-0.15, -0.1) is 0 Å². The van der Waals surface area contributed by atoms with E-state index in [0.29, 0.717) is 17.3 Å². The van der Waals surface area contributed by atoms with Crippen molar-refractivity contribution in [3.05, 3.63) is 59.7 Å². The summed E-state index contributed by atoms with van der Waals surface area (Å²) in [7, 11) is 0. The highest BCUT2D eigenvalue weighted by Crippen LogP contribution is 2.36. The third-order valence-corrected chi connectivity index (χ3v) is 3.99. The molecule has 4 rings (SSSR count). The van der Waals surface area contributed by atoms with Crippen molar-refractivity contribution in [2.24, 2.45) is 5.73 Å². The molecule has 0 spiro atoms. The maximum absolute atomic E-state index is 9.57. The second kappa shape index (κ2) is 4.78. The zero-order chi connectivity index (χ0) is 16.0. The Labute approximate surface area is 132 Å². The monoisotopic (exact) mass is 303 g/mol. The van der Waals surface area contributed by atoms with E-state index in [-0.39, 0.29) is 5.75 Å². The lowest BCUT2D eigenvalue weighted by molar-refractivity contribution is 0.475. The van der Waals surface area contributed by atoms with E-state index >= 15 is 0 Å². The summed E-state index contributed by atoms with van der Waals surface area (Å²) in [5.41, 5.74) is 9.17. The number of benzene rings is 2. The minimum Gasteiger partial charge on any atom is -0.508 e. The lowest BCUT2D eigenvalue weighted by Gasteiger charge is -2.26. The number of aromatic hydroxyl groups is 1. The molecule has 6 heteroatoms. The smallest absolute Gasteiger partial charge is 0.210 e. The number of nitriles is 1. The van der Waals surface area contributed by atoms with Gasteiger partial charge in [-0.25, -0.2) is 4.98 Å². The van der Waals surface area contributed by atoms with Crippen LogP contribution in [-0.4, -0.2) is 14.7 Å². The summed E-state index contributed by atoms with van der Waals surface area (Å²) >= 11 is 0. The predicted octanol–water partition coefficient (Wildman–Crippen LogP) is 2.56. The lowest BCUT2D eigenvalue weighted by Crippen LogP contribution is -2.26. The third kappa shape index (κ3) is 1.91. The molecule has 1 unspecified atom stereocenters. The Morgan fingerprint density at radius 1 is 1.17 bits per heavy atom. The average molecular weight is 303 g/mol. The molecule has 0 amide bonds. The molecule has 0 saturated heterocycles. The fourth-order valence-corrected chi connectivity index (χ4v) is 2.87. The predicted molar refractivity (Wildman–Crippen MR) is 87.2 cm³/mol. The number of fused-ring (bicyclic) bond motifs is 3. The van der Waals surface area contributed by atoms with Crippen molar-refractivity contribution < 1.29 is 5.11 Å². The van der Waals surface area contributed by atoms with Crippen LogP contribution >= 0.6 is 0 Å². The number of nitrogens with two attached hydrogens (primary N) is 1. The van der Waals surface area contributed by atoms with Gasteiger partial charge in [-0.05, 0) is 29.8 Å². The summed E-state index contributed by atoms with van der Waals surface area (Å²) in [6, 6.07) is 16.1. The highest BCUT2D eigenvalue weighted by atomic mass is 16.3. The molecule has 2 heterocycles. The zero-order valence-corrected chi connectivity index (χ0v) is 12.1. The van der Waals surface area contributed by atoms with E-state index in [0.717, 1.165) is 16.6 Å². The molecule has 6 nitrogen and oxygen atoms in total. The van der Waals surface area contributed by atoms with Crippen molar-refractivity contribution in [3.8, 4) is 11.8 Å². The normalized spacial score (nSPS) is 16.7. The lowest BCUT2D eigenvalue weighted by atomic mass is 9.98. The number of aromatic nitrogens is 2. The zero-order valence-electron chi connectivity index (χ0n) is 12.1. The molecule has 4 N–H and O–H groups in total. The minimum absolute atomic E-state index is 0.173. The quantitative estimate of drug-likeness (QED) is 0.641. The molecule has 1 atom stereocenters. The molecule has 3 aromatic rings. The van der Waals surface area contributed by atoms with Crippen LogP contribution in [0.5, 0.6) is 5.75 Å². The Balaban J connectivity index is 1.92. The SMILES string of the molecule is N#CC1=C(N)n2c(nc3ccccc32)NC1c1ccc(O)cc1. The summed E-state index contributed by atoms with van der Waals surface area (Å²) in [5.74, 6) is 1.14. The van der Waals surface area contributed by atoms with E-state index in [2.05, 4.69) is 16.4 Å². The number of nitrogens with one attached hydrogen (secondary N) is 1. The summed E-state index contributed by atoms with van der Waals surface area (Å²) in [4.78, 5) is 4.54. The van der Waals surface area contributed by atoms with Gasteiger partial charge < -0.3 is 16.2 Å². The largest absolute Gasteiger partial charge is 0.508 e. The first-order valence-electron chi connectivity index (χ1n) is 7.12. The first kappa shape index (κ1) is 13.2. The molecular weight excluding hydrogens is 290 g/mol. The molecule has 1 aromatic heterocycles. The van der Waals surface area contributed by atoms with Crippen molar-refractivity contribution in [2.45, 2.75) is 6.04 Å². The summed E-state index contributed by atoms with van der Waals surface area (Å²) < 4.78 is 1.75. The minimum atomic E-state index is -0.398. The van der Waals surface area contributed by atoms with Crippen molar-refractivity contribution in [3.63, 3.8) is 0 Å². The van der Waals surface area contributed by atoms with Crippen LogP contribution in [0.1, 0.15) is 11.6 Å². The topological polar surface area (TPSA) is 99.9 Å². The van der Waals surface area contributed by atoms with Crippen LogP contribution in [0, 0.1) is 11.3 Å². The summed E-state index contributed by atoms with van der Waals surface area (Å²) in [5, 5.41) is 22.3. The van der Waals surface area contributed by atoms with Gasteiger partial charge in [-0.3, -0.25) is 4.57 Å². The van der Waals surface area contributed by atoms with Gasteiger partial charge >= 0.3 is 0 Å². The van der Waals surface area contributed by atoms with E-state index in [1.807, 2.05) is 24.3 Å². The first-order valence-corrected chi connectivity index (χ1v) is 7.12. The fraction of sp³-hybridized carbons (Fsp3) is 0.0588. The number of rotatable bonds is 1. The van der Waals surface area contributed by atoms with Gasteiger partial charge in [0.25, 0.3) is 0 Å². The molecule has 1 aliphatic rings. The van der Waals surface area contributed by atoms with Gasteiger partial charge in [-0.1, -0.05) is 24.3 Å². The Bertz CT molecular complexity index is 978. The molecule has 0 bridgehead atoms. The van der Waals surface area contributed by atoms with Crippen LogP contribution in [0.4, 0.5) is 5.95 Å². The van der Waals surface area contributed by atoms with E-state index in [1.165, 1.54) is 0 Å². The van der Waals surface area contributed by atoms with Crippen LogP contribution in [0.2, 0.25) is 0 Å². The number of phenols is 1. The number of para-hydroxylation sites is 2. The molecular formula is C17H13N5O. The standard InChI is InChI=1S/C17H13N5O/c18-9-12-15(10-5-7-11(23)8-6-10)21-17-20-13-3-1-2-4-14(13)22(17)16(12)19/h1-8,15,23H,19H2,(H,20,21). The third-order valence-electron chi connectivity index (χ3n) is 3.99. The number of imidazole rings is 1. The Morgan fingerprint density at radius 3 is 2.65 bits per heavy atom. The Kier molecular flexibility index (Phi) is 2.75. The second-order valence-corrected chi connectivity index (χ2v) is 5.34. The number of hydrogen-bond acceptors (Lipinski definition) is 5. The maximum atomic E-state index is 9.57. The first-order chi connectivity index (χ1) is 11.2. The highest BCUT2D eigenvalue weighted by Gasteiger charge is 2.29. The van der Waals surface area contributed by atoms with Crippen molar-refractivity contribution in [2.75, 3.05) is 5.32 Å². The molecule has 0 aliphatic carbocycles. The van der Waals surface area contributed by atoms with Gasteiger partial charge in [0.05, 0.1) is 22.6 Å². The summed E-state index contributed by atoms with van der Waals surface area (Å²) in [6.45, 7) is 0. The number of nitrogens with zero attached hydrogens (tertiary/aromatic N) is 3. The molecule has 2 aromatic carbocycles. The fourth-order valence-electron chi connectivity index (χ4n) is 2.87. The van der Waals surface area contributed by atoms with Crippen molar-refractivity contribution in [1.82, 2.24) is 9.55 Å². The summed E-state index contributed by atoms with van der Waals surface area (Å²) in [6.07, 6.45) is 0. The van der Waals surface area contributed by atoms with Crippen LogP contribution < -0.4 is 11.1 Å². The second-order valence-electron chi connectivity index (χ2n) is 5.34. The van der Waals surface area contributed by atoms with Gasteiger partial charge in [-0.2, -0.15) is 5.26 Å². The number of phenolic OH excluding ortho intramolecular Hbond substituents is 1. The molecule has 0 radical (unpaired) electrons. The van der Waals surface area contributed by atoms with Gasteiger partial charge in [0, 0.05) is 0 Å². The number of hydrogen-bond donors (Lipinski definition) is 3. The average Bonchev–Trinajstić information content (AvgIpc) is 2.94. The Morgan fingerprint density at radius 2 is 1.91 bits per heavy atom. The molecule has 0 saturated carbocycles. The van der Waals surface area contributed by atoms with Crippen LogP contribution in [-0.2, 0) is 0 Å². The Hall–Kier alpha value is -3.46. The van der Waals surface area contributed by atoms with Crippen LogP contribution in [0.3, 0.4) is 0 Å². The number of anilines is 1. The highest BCUT2D eigenvalue weighted by molar-refractivity contribution is 5.85. The molecule has 112 valence electrons. The van der Waals surface area contributed by atoms with Gasteiger partial charge in [0.15, 0.2) is 0 Å². The maximum Gasteiger partial charge on any atom is 0.210 e. The van der Waals surface area contributed by atoms with Crippen molar-refractivity contribution >= 4 is 22.8 Å². The van der Waals surface area contributed by atoms with Gasteiger partial charge in [0.2, 0.25) is 5.95 Å².